The molecule has 1 aliphatic rings. The average molecular weight is 238 g/mol. The van der Waals surface area contributed by atoms with Crippen LogP contribution in [0, 0.1) is 12.8 Å². The van der Waals surface area contributed by atoms with Crippen LogP contribution in [-0.2, 0) is 6.54 Å². The van der Waals surface area contributed by atoms with Crippen molar-refractivity contribution < 1.29 is 0 Å². The maximum absolute atomic E-state index is 4.48. The number of thiazole rings is 1. The van der Waals surface area contributed by atoms with Crippen LogP contribution in [0.3, 0.4) is 0 Å². The summed E-state index contributed by atoms with van der Waals surface area (Å²) < 4.78 is 0. The Morgan fingerprint density at radius 1 is 1.44 bits per heavy atom. The summed E-state index contributed by atoms with van der Waals surface area (Å²) in [7, 11) is 0. The Kier molecular flexibility index (Phi) is 4.36. The molecular formula is C13H22N2S. The third kappa shape index (κ3) is 3.29. The zero-order chi connectivity index (χ0) is 11.4. The molecule has 1 aromatic rings. The van der Waals surface area contributed by atoms with Gasteiger partial charge < -0.3 is 5.32 Å². The predicted octanol–water partition coefficient (Wildman–Crippen LogP) is 3.51. The molecule has 0 bridgehead atoms. The summed E-state index contributed by atoms with van der Waals surface area (Å²) >= 11 is 1.74. The topological polar surface area (TPSA) is 24.9 Å². The van der Waals surface area contributed by atoms with Gasteiger partial charge in [-0.25, -0.2) is 4.98 Å². The number of rotatable bonds is 4. The lowest BCUT2D eigenvalue weighted by atomic mass is 9.84. The fourth-order valence-corrected chi connectivity index (χ4v) is 3.17. The van der Waals surface area contributed by atoms with E-state index in [2.05, 4.69) is 29.5 Å². The number of hydrogen-bond donors (Lipinski definition) is 1. The number of aryl methyl sites for hydroxylation is 1. The van der Waals surface area contributed by atoms with E-state index in [1.54, 1.807) is 11.3 Å². The highest BCUT2D eigenvalue weighted by Crippen LogP contribution is 2.26. The van der Waals surface area contributed by atoms with E-state index in [4.69, 9.17) is 0 Å². The fraction of sp³-hybridized carbons (Fsp3) is 0.769. The van der Waals surface area contributed by atoms with Gasteiger partial charge in [-0.15, -0.1) is 11.3 Å². The predicted molar refractivity (Wildman–Crippen MR) is 69.7 cm³/mol. The molecule has 90 valence electrons. The minimum absolute atomic E-state index is 0.641. The van der Waals surface area contributed by atoms with Gasteiger partial charge in [-0.3, -0.25) is 0 Å². The smallest absolute Gasteiger partial charge is 0.0897 e. The molecule has 0 aliphatic heterocycles. The standard InChI is InChI=1S/C13H22N2S/c1-10(12-6-4-3-5-7-12)14-8-13-9-16-11(2)15-13/h9-10,12,14H,3-8H2,1-2H3/t10-/m0/s1. The van der Waals surface area contributed by atoms with Crippen molar-refractivity contribution in [2.75, 3.05) is 0 Å². The van der Waals surface area contributed by atoms with Crippen LogP contribution in [0.4, 0.5) is 0 Å². The summed E-state index contributed by atoms with van der Waals surface area (Å²) in [6, 6.07) is 0.641. The van der Waals surface area contributed by atoms with Gasteiger partial charge in [0.25, 0.3) is 0 Å². The van der Waals surface area contributed by atoms with Crippen molar-refractivity contribution in [3.63, 3.8) is 0 Å². The van der Waals surface area contributed by atoms with Gasteiger partial charge in [0, 0.05) is 18.0 Å². The monoisotopic (exact) mass is 238 g/mol. The van der Waals surface area contributed by atoms with Crippen LogP contribution >= 0.6 is 11.3 Å². The van der Waals surface area contributed by atoms with Crippen LogP contribution < -0.4 is 5.32 Å². The molecule has 0 unspecified atom stereocenters. The van der Waals surface area contributed by atoms with E-state index in [0.717, 1.165) is 12.5 Å². The summed E-state index contributed by atoms with van der Waals surface area (Å²) in [6.07, 6.45) is 7.10. The third-order valence-electron chi connectivity index (χ3n) is 3.63. The normalized spacial score (nSPS) is 19.9. The first-order chi connectivity index (χ1) is 7.75. The van der Waals surface area contributed by atoms with Crippen molar-refractivity contribution >= 4 is 11.3 Å². The third-order valence-corrected chi connectivity index (χ3v) is 4.45. The highest BCUT2D eigenvalue weighted by molar-refractivity contribution is 7.09. The van der Waals surface area contributed by atoms with Crippen LogP contribution in [0.5, 0.6) is 0 Å². The van der Waals surface area contributed by atoms with Gasteiger partial charge in [0.1, 0.15) is 0 Å². The maximum atomic E-state index is 4.48. The van der Waals surface area contributed by atoms with Crippen LogP contribution in [0.25, 0.3) is 0 Å². The molecule has 1 N–H and O–H groups in total. The quantitative estimate of drug-likeness (QED) is 0.868. The molecule has 16 heavy (non-hydrogen) atoms. The van der Waals surface area contributed by atoms with E-state index in [9.17, 15) is 0 Å². The first-order valence-electron chi connectivity index (χ1n) is 6.40. The molecule has 1 fully saturated rings. The Labute approximate surface area is 102 Å². The molecule has 1 atom stereocenters. The summed E-state index contributed by atoms with van der Waals surface area (Å²) in [4.78, 5) is 4.48. The lowest BCUT2D eigenvalue weighted by Crippen LogP contribution is -2.34. The highest BCUT2D eigenvalue weighted by Gasteiger charge is 2.19. The van der Waals surface area contributed by atoms with E-state index in [0.29, 0.717) is 6.04 Å². The molecule has 1 heterocycles. The maximum Gasteiger partial charge on any atom is 0.0897 e. The van der Waals surface area contributed by atoms with Crippen LogP contribution in [-0.4, -0.2) is 11.0 Å². The Morgan fingerprint density at radius 3 is 2.81 bits per heavy atom. The highest BCUT2D eigenvalue weighted by atomic mass is 32.1. The second kappa shape index (κ2) is 5.78. The molecule has 0 spiro atoms. The fourth-order valence-electron chi connectivity index (χ4n) is 2.56. The minimum Gasteiger partial charge on any atom is -0.308 e. The Hall–Kier alpha value is -0.410. The molecule has 1 aromatic heterocycles. The van der Waals surface area contributed by atoms with Crippen LogP contribution in [0.1, 0.15) is 49.7 Å². The first kappa shape index (κ1) is 12.1. The Morgan fingerprint density at radius 2 is 2.19 bits per heavy atom. The molecule has 0 amide bonds. The second-order valence-electron chi connectivity index (χ2n) is 4.93. The zero-order valence-corrected chi connectivity index (χ0v) is 11.1. The van der Waals surface area contributed by atoms with Crippen molar-refractivity contribution in [1.29, 1.82) is 0 Å². The van der Waals surface area contributed by atoms with Crippen molar-refractivity contribution in [1.82, 2.24) is 10.3 Å². The van der Waals surface area contributed by atoms with E-state index in [-0.39, 0.29) is 0 Å². The van der Waals surface area contributed by atoms with E-state index in [1.807, 2.05) is 0 Å². The van der Waals surface area contributed by atoms with Gasteiger partial charge in [0.15, 0.2) is 0 Å². The summed E-state index contributed by atoms with van der Waals surface area (Å²) in [5.74, 6) is 0.883. The number of aromatic nitrogens is 1. The zero-order valence-electron chi connectivity index (χ0n) is 10.3. The molecular weight excluding hydrogens is 216 g/mol. The SMILES string of the molecule is Cc1nc(CN[C@@H](C)C2CCCCC2)cs1. The summed E-state index contributed by atoms with van der Waals surface area (Å²) in [5, 5.41) is 6.96. The van der Waals surface area contributed by atoms with Crippen molar-refractivity contribution in [2.45, 2.75) is 58.5 Å². The molecule has 0 radical (unpaired) electrons. The summed E-state index contributed by atoms with van der Waals surface area (Å²) in [6.45, 7) is 5.33. The number of hydrogen-bond acceptors (Lipinski definition) is 3. The Bertz CT molecular complexity index is 315. The minimum atomic E-state index is 0.641. The molecule has 1 saturated carbocycles. The molecule has 3 heteroatoms. The van der Waals surface area contributed by atoms with E-state index < -0.39 is 0 Å². The molecule has 2 rings (SSSR count). The van der Waals surface area contributed by atoms with E-state index >= 15 is 0 Å². The van der Waals surface area contributed by atoms with Crippen molar-refractivity contribution in [2.24, 2.45) is 5.92 Å². The molecule has 1 aliphatic carbocycles. The van der Waals surface area contributed by atoms with Crippen molar-refractivity contribution in [3.8, 4) is 0 Å². The average Bonchev–Trinajstić information content (AvgIpc) is 2.73. The van der Waals surface area contributed by atoms with Gasteiger partial charge >= 0.3 is 0 Å². The molecule has 0 saturated heterocycles. The van der Waals surface area contributed by atoms with Gasteiger partial charge in [-0.1, -0.05) is 19.3 Å². The summed E-state index contributed by atoms with van der Waals surface area (Å²) in [5.41, 5.74) is 1.20. The molecule has 0 aromatic carbocycles. The van der Waals surface area contributed by atoms with E-state index in [1.165, 1.54) is 42.8 Å². The van der Waals surface area contributed by atoms with Gasteiger partial charge in [-0.2, -0.15) is 0 Å². The lowest BCUT2D eigenvalue weighted by Gasteiger charge is -2.28. The van der Waals surface area contributed by atoms with Crippen LogP contribution in [0.15, 0.2) is 5.38 Å². The van der Waals surface area contributed by atoms with Gasteiger partial charge in [0.2, 0.25) is 0 Å². The van der Waals surface area contributed by atoms with Gasteiger partial charge in [-0.05, 0) is 32.6 Å². The van der Waals surface area contributed by atoms with Crippen LogP contribution in [0.2, 0.25) is 0 Å². The molecule has 2 nitrogen and oxygen atoms in total. The lowest BCUT2D eigenvalue weighted by molar-refractivity contribution is 0.280. The largest absolute Gasteiger partial charge is 0.308 e. The first-order valence-corrected chi connectivity index (χ1v) is 7.28. The van der Waals surface area contributed by atoms with Gasteiger partial charge in [0.05, 0.1) is 10.7 Å². The van der Waals surface area contributed by atoms with Crippen molar-refractivity contribution in [3.05, 3.63) is 16.1 Å². The second-order valence-corrected chi connectivity index (χ2v) is 5.99. The number of nitrogens with one attached hydrogen (secondary N) is 1. The Balaban J connectivity index is 1.76. The number of nitrogens with zero attached hydrogens (tertiary/aromatic N) is 1.